The minimum absolute atomic E-state index is 0.0395. The van der Waals surface area contributed by atoms with Crippen LogP contribution in [-0.2, 0) is 0 Å². The molecule has 1 heterocycles. The molecule has 1 aliphatic rings. The van der Waals surface area contributed by atoms with E-state index in [1.165, 1.54) is 36.4 Å². The fourth-order valence-corrected chi connectivity index (χ4v) is 3.24. The number of nitrogens with zero attached hydrogens (tertiary/aromatic N) is 2. The molecule has 27 heavy (non-hydrogen) atoms. The number of nitrogens with one attached hydrogen (secondary N) is 1. The normalized spacial score (nSPS) is 16.2. The van der Waals surface area contributed by atoms with Gasteiger partial charge in [0.25, 0.3) is 5.91 Å². The third-order valence-electron chi connectivity index (χ3n) is 4.93. The molecule has 0 bridgehead atoms. The van der Waals surface area contributed by atoms with Crippen molar-refractivity contribution in [3.05, 3.63) is 65.7 Å². The van der Waals surface area contributed by atoms with Crippen LogP contribution in [0.4, 0.5) is 14.5 Å². The highest BCUT2D eigenvalue weighted by atomic mass is 19.1. The van der Waals surface area contributed by atoms with Crippen molar-refractivity contribution in [2.45, 2.75) is 19.4 Å². The highest BCUT2D eigenvalue weighted by Crippen LogP contribution is 2.17. The molecular weight excluding hydrogens is 348 g/mol. The summed E-state index contributed by atoms with van der Waals surface area (Å²) in [6, 6.07) is 12.2. The van der Waals surface area contributed by atoms with E-state index in [9.17, 15) is 13.6 Å². The topological polar surface area (TPSA) is 35.6 Å². The monoisotopic (exact) mass is 373 g/mol. The van der Waals surface area contributed by atoms with Crippen LogP contribution in [0.2, 0.25) is 0 Å². The first-order valence-corrected chi connectivity index (χ1v) is 9.30. The fourth-order valence-electron chi connectivity index (χ4n) is 3.24. The molecule has 1 amide bonds. The number of hydrogen-bond donors (Lipinski definition) is 1. The van der Waals surface area contributed by atoms with E-state index < -0.39 is 0 Å². The van der Waals surface area contributed by atoms with Crippen LogP contribution in [0.25, 0.3) is 0 Å². The molecule has 1 atom stereocenters. The Morgan fingerprint density at radius 3 is 2.11 bits per heavy atom. The molecule has 0 aromatic heterocycles. The predicted molar refractivity (Wildman–Crippen MR) is 103 cm³/mol. The lowest BCUT2D eigenvalue weighted by atomic mass is 10.1. The van der Waals surface area contributed by atoms with Crippen molar-refractivity contribution in [3.8, 4) is 0 Å². The van der Waals surface area contributed by atoms with E-state index in [1.807, 2.05) is 19.1 Å². The summed E-state index contributed by atoms with van der Waals surface area (Å²) in [5.41, 5.74) is 1.52. The number of halogens is 2. The molecule has 4 nitrogen and oxygen atoms in total. The second kappa shape index (κ2) is 8.95. The molecule has 1 fully saturated rings. The lowest BCUT2D eigenvalue weighted by molar-refractivity contribution is 0.0935. The maximum Gasteiger partial charge on any atom is 0.251 e. The quantitative estimate of drug-likeness (QED) is 0.844. The Balaban J connectivity index is 1.39. The molecule has 0 aliphatic carbocycles. The first-order valence-electron chi connectivity index (χ1n) is 9.30. The van der Waals surface area contributed by atoms with Crippen LogP contribution in [0.15, 0.2) is 48.5 Å². The third kappa shape index (κ3) is 5.50. The van der Waals surface area contributed by atoms with Crippen LogP contribution in [0.3, 0.4) is 0 Å². The van der Waals surface area contributed by atoms with Crippen molar-refractivity contribution in [2.75, 3.05) is 37.6 Å². The van der Waals surface area contributed by atoms with Crippen LogP contribution in [0, 0.1) is 11.6 Å². The molecule has 0 spiro atoms. The smallest absolute Gasteiger partial charge is 0.251 e. The zero-order valence-electron chi connectivity index (χ0n) is 15.5. The molecular formula is C21H25F2N3O. The number of hydrogen-bond acceptors (Lipinski definition) is 3. The zero-order valence-corrected chi connectivity index (χ0v) is 15.5. The molecule has 0 saturated carbocycles. The number of carbonyl (C=O) groups is 1. The van der Waals surface area contributed by atoms with Gasteiger partial charge in [0.1, 0.15) is 11.6 Å². The SMILES string of the molecule is CC(CCN1CCN(c2ccc(F)cc2)CC1)NC(=O)c1ccc(F)cc1. The summed E-state index contributed by atoms with van der Waals surface area (Å²) < 4.78 is 26.0. The Hall–Kier alpha value is -2.47. The summed E-state index contributed by atoms with van der Waals surface area (Å²) >= 11 is 0. The van der Waals surface area contributed by atoms with E-state index in [0.717, 1.165) is 44.8 Å². The van der Waals surface area contributed by atoms with E-state index >= 15 is 0 Å². The Morgan fingerprint density at radius 2 is 1.52 bits per heavy atom. The minimum atomic E-state index is -0.348. The van der Waals surface area contributed by atoms with Gasteiger partial charge in [-0.1, -0.05) is 0 Å². The van der Waals surface area contributed by atoms with Crippen molar-refractivity contribution in [1.29, 1.82) is 0 Å². The fraction of sp³-hybridized carbons (Fsp3) is 0.381. The van der Waals surface area contributed by atoms with Crippen molar-refractivity contribution in [2.24, 2.45) is 0 Å². The molecule has 1 unspecified atom stereocenters. The third-order valence-corrected chi connectivity index (χ3v) is 4.93. The maximum absolute atomic E-state index is 13.0. The van der Waals surface area contributed by atoms with Crippen molar-refractivity contribution < 1.29 is 13.6 Å². The Morgan fingerprint density at radius 1 is 0.963 bits per heavy atom. The highest BCUT2D eigenvalue weighted by molar-refractivity contribution is 5.94. The number of carbonyl (C=O) groups excluding carboxylic acids is 1. The van der Waals surface area contributed by atoms with E-state index in [2.05, 4.69) is 15.1 Å². The first-order chi connectivity index (χ1) is 13.0. The van der Waals surface area contributed by atoms with Crippen molar-refractivity contribution >= 4 is 11.6 Å². The molecule has 144 valence electrons. The van der Waals surface area contributed by atoms with Crippen LogP contribution >= 0.6 is 0 Å². The largest absolute Gasteiger partial charge is 0.369 e. The number of rotatable bonds is 6. The minimum Gasteiger partial charge on any atom is -0.369 e. The van der Waals surface area contributed by atoms with Gasteiger partial charge in [0.15, 0.2) is 0 Å². The molecule has 2 aromatic rings. The molecule has 6 heteroatoms. The van der Waals surface area contributed by atoms with Crippen LogP contribution < -0.4 is 10.2 Å². The summed E-state index contributed by atoms with van der Waals surface area (Å²) in [5, 5.41) is 2.96. The van der Waals surface area contributed by atoms with E-state index in [-0.39, 0.29) is 23.6 Å². The van der Waals surface area contributed by atoms with Gasteiger partial charge in [-0.15, -0.1) is 0 Å². The van der Waals surface area contributed by atoms with Gasteiger partial charge < -0.3 is 10.2 Å². The van der Waals surface area contributed by atoms with Gasteiger partial charge in [0.2, 0.25) is 0 Å². The summed E-state index contributed by atoms with van der Waals surface area (Å²) in [6.07, 6.45) is 0.851. The average Bonchev–Trinajstić information content (AvgIpc) is 2.68. The molecule has 0 radical (unpaired) electrons. The van der Waals surface area contributed by atoms with E-state index in [0.29, 0.717) is 5.56 Å². The van der Waals surface area contributed by atoms with Gasteiger partial charge in [-0.25, -0.2) is 8.78 Å². The summed E-state index contributed by atoms with van der Waals surface area (Å²) in [6.45, 7) is 6.58. The van der Waals surface area contributed by atoms with Gasteiger partial charge in [-0.3, -0.25) is 9.69 Å². The second-order valence-corrected chi connectivity index (χ2v) is 6.98. The maximum atomic E-state index is 13.0. The standard InChI is InChI=1S/C21H25F2N3O/c1-16(24-21(27)17-2-4-18(22)5-3-17)10-11-25-12-14-26(15-13-25)20-8-6-19(23)7-9-20/h2-9,16H,10-15H2,1H3,(H,24,27). The van der Waals surface area contributed by atoms with Gasteiger partial charge in [0, 0.05) is 50.0 Å². The van der Waals surface area contributed by atoms with Gasteiger partial charge in [-0.2, -0.15) is 0 Å². The number of amides is 1. The van der Waals surface area contributed by atoms with Gasteiger partial charge in [0.05, 0.1) is 0 Å². The average molecular weight is 373 g/mol. The van der Waals surface area contributed by atoms with Crippen LogP contribution in [0.5, 0.6) is 0 Å². The number of anilines is 1. The molecule has 3 rings (SSSR count). The number of benzene rings is 2. The zero-order chi connectivity index (χ0) is 19.2. The summed E-state index contributed by atoms with van der Waals surface area (Å²) in [4.78, 5) is 16.8. The predicted octanol–water partition coefficient (Wildman–Crippen LogP) is 3.30. The lowest BCUT2D eigenvalue weighted by Gasteiger charge is -2.36. The van der Waals surface area contributed by atoms with Gasteiger partial charge >= 0.3 is 0 Å². The second-order valence-electron chi connectivity index (χ2n) is 6.98. The molecule has 2 aromatic carbocycles. The number of piperazine rings is 1. The lowest BCUT2D eigenvalue weighted by Crippen LogP contribution is -2.47. The summed E-state index contributed by atoms with van der Waals surface area (Å²) in [7, 11) is 0. The van der Waals surface area contributed by atoms with Gasteiger partial charge in [-0.05, 0) is 61.9 Å². The van der Waals surface area contributed by atoms with Crippen LogP contribution in [0.1, 0.15) is 23.7 Å². The molecule has 1 N–H and O–H groups in total. The van der Waals surface area contributed by atoms with E-state index in [1.54, 1.807) is 0 Å². The first kappa shape index (κ1) is 19.3. The van der Waals surface area contributed by atoms with Crippen molar-refractivity contribution in [1.82, 2.24) is 10.2 Å². The highest BCUT2D eigenvalue weighted by Gasteiger charge is 2.18. The Bertz CT molecular complexity index is 741. The van der Waals surface area contributed by atoms with Crippen molar-refractivity contribution in [3.63, 3.8) is 0 Å². The summed E-state index contributed by atoms with van der Waals surface area (Å²) in [5.74, 6) is -0.739. The van der Waals surface area contributed by atoms with Crippen LogP contribution in [-0.4, -0.2) is 49.6 Å². The molecule has 1 saturated heterocycles. The molecule has 1 aliphatic heterocycles. The Kier molecular flexibility index (Phi) is 6.40. The van der Waals surface area contributed by atoms with E-state index in [4.69, 9.17) is 0 Å². The Labute approximate surface area is 158 Å².